The molecule has 7 heteroatoms. The van der Waals surface area contributed by atoms with Gasteiger partial charge in [0.25, 0.3) is 0 Å². The molecule has 0 amide bonds. The van der Waals surface area contributed by atoms with Gasteiger partial charge in [-0.3, -0.25) is 4.68 Å². The Labute approximate surface area is 124 Å². The summed E-state index contributed by atoms with van der Waals surface area (Å²) in [5, 5.41) is 7.73. The van der Waals surface area contributed by atoms with E-state index in [1.807, 2.05) is 13.1 Å². The van der Waals surface area contributed by atoms with Crippen LogP contribution >= 0.6 is 0 Å². The minimum absolute atomic E-state index is 0.135. The molecule has 0 saturated carbocycles. The second-order valence-electron chi connectivity index (χ2n) is 4.59. The summed E-state index contributed by atoms with van der Waals surface area (Å²) in [6, 6.07) is 1.68. The molecule has 1 atom stereocenters. The molecule has 0 aliphatic carbocycles. The Balaban J connectivity index is 2.44. The molecule has 0 fully saturated rings. The van der Waals surface area contributed by atoms with Gasteiger partial charge in [0.2, 0.25) is 5.88 Å². The van der Waals surface area contributed by atoms with Gasteiger partial charge in [-0.2, -0.15) is 5.10 Å². The maximum atomic E-state index is 5.41. The van der Waals surface area contributed by atoms with Crippen molar-refractivity contribution in [2.24, 2.45) is 7.05 Å². The first-order valence-electron chi connectivity index (χ1n) is 6.86. The van der Waals surface area contributed by atoms with Gasteiger partial charge in [-0.05, 0) is 13.0 Å². The van der Waals surface area contributed by atoms with E-state index in [1.54, 1.807) is 25.1 Å². The number of hydrogen-bond acceptors (Lipinski definition) is 6. The van der Waals surface area contributed by atoms with Gasteiger partial charge in [-0.1, -0.05) is 6.92 Å². The Morgan fingerprint density at radius 3 is 2.76 bits per heavy atom. The van der Waals surface area contributed by atoms with Crippen LogP contribution in [-0.2, 0) is 7.05 Å². The summed E-state index contributed by atoms with van der Waals surface area (Å²) in [6.45, 7) is 2.97. The lowest BCUT2D eigenvalue weighted by Crippen LogP contribution is -2.26. The summed E-state index contributed by atoms with van der Waals surface area (Å²) in [6.07, 6.45) is 4.21. The molecule has 2 heterocycles. The number of rotatable bonds is 7. The number of aromatic nitrogens is 4. The minimum atomic E-state index is -0.135. The summed E-state index contributed by atoms with van der Waals surface area (Å²) in [5.74, 6) is 1.26. The summed E-state index contributed by atoms with van der Waals surface area (Å²) < 4.78 is 12.4. The third kappa shape index (κ3) is 3.30. The van der Waals surface area contributed by atoms with Crippen molar-refractivity contribution in [3.8, 4) is 11.6 Å². The highest BCUT2D eigenvalue weighted by atomic mass is 16.5. The lowest BCUT2D eigenvalue weighted by molar-refractivity contribution is 0.390. The molecule has 0 bridgehead atoms. The Kier molecular flexibility index (Phi) is 5.10. The Morgan fingerprint density at radius 2 is 2.10 bits per heavy atom. The van der Waals surface area contributed by atoms with Crippen molar-refractivity contribution in [3.63, 3.8) is 0 Å². The molecule has 0 spiro atoms. The predicted molar refractivity (Wildman–Crippen MR) is 78.5 cm³/mol. The van der Waals surface area contributed by atoms with Crippen LogP contribution in [0.1, 0.15) is 30.8 Å². The van der Waals surface area contributed by atoms with Crippen LogP contribution in [0.2, 0.25) is 0 Å². The van der Waals surface area contributed by atoms with Gasteiger partial charge in [-0.25, -0.2) is 9.97 Å². The Hall–Kier alpha value is -2.15. The average Bonchev–Trinajstić information content (AvgIpc) is 2.89. The Morgan fingerprint density at radius 1 is 1.29 bits per heavy atom. The van der Waals surface area contributed by atoms with E-state index in [0.29, 0.717) is 5.88 Å². The lowest BCUT2D eigenvalue weighted by Gasteiger charge is -2.19. The zero-order valence-corrected chi connectivity index (χ0v) is 12.8. The van der Waals surface area contributed by atoms with E-state index < -0.39 is 0 Å². The maximum Gasteiger partial charge on any atom is 0.216 e. The van der Waals surface area contributed by atoms with Crippen LogP contribution in [0, 0.1) is 0 Å². The van der Waals surface area contributed by atoms with Gasteiger partial charge >= 0.3 is 0 Å². The monoisotopic (exact) mass is 291 g/mol. The topological polar surface area (TPSA) is 74.1 Å². The summed E-state index contributed by atoms with van der Waals surface area (Å²) in [4.78, 5) is 8.41. The van der Waals surface area contributed by atoms with Crippen molar-refractivity contribution in [1.29, 1.82) is 0 Å². The van der Waals surface area contributed by atoms with Crippen LogP contribution < -0.4 is 14.8 Å². The fourth-order valence-electron chi connectivity index (χ4n) is 2.17. The van der Waals surface area contributed by atoms with E-state index in [2.05, 4.69) is 27.3 Å². The first kappa shape index (κ1) is 15.2. The van der Waals surface area contributed by atoms with Crippen molar-refractivity contribution < 1.29 is 9.47 Å². The van der Waals surface area contributed by atoms with Crippen LogP contribution in [0.5, 0.6) is 11.6 Å². The average molecular weight is 291 g/mol. The highest BCUT2D eigenvalue weighted by Gasteiger charge is 2.23. The molecule has 1 N–H and O–H groups in total. The van der Waals surface area contributed by atoms with Crippen molar-refractivity contribution in [2.75, 3.05) is 20.8 Å². The lowest BCUT2D eigenvalue weighted by atomic mass is 10.1. The molecule has 21 heavy (non-hydrogen) atoms. The predicted octanol–water partition coefficient (Wildman–Crippen LogP) is 1.32. The van der Waals surface area contributed by atoms with E-state index in [9.17, 15) is 0 Å². The number of ether oxygens (including phenoxy) is 2. The number of aryl methyl sites for hydroxylation is 1. The van der Waals surface area contributed by atoms with Gasteiger partial charge in [0.1, 0.15) is 12.0 Å². The largest absolute Gasteiger partial charge is 0.493 e. The molecule has 0 aliphatic heterocycles. The molecule has 0 saturated heterocycles. The molecule has 2 aromatic heterocycles. The minimum Gasteiger partial charge on any atom is -0.493 e. The SMILES string of the molecule is CCCNC(c1cc(OC)ncn1)c1c(OC)cnn1C. The standard InChI is InChI=1S/C14H21N5O2/c1-5-6-15-13(10-7-12(21-4)17-9-16-10)14-11(20-3)8-18-19(14)2/h7-9,13,15H,5-6H2,1-4H3. The molecule has 2 rings (SSSR count). The fraction of sp³-hybridized carbons (Fsp3) is 0.500. The van der Waals surface area contributed by atoms with Gasteiger partial charge in [0.15, 0.2) is 5.75 Å². The zero-order valence-electron chi connectivity index (χ0n) is 12.8. The first-order chi connectivity index (χ1) is 10.2. The number of nitrogens with zero attached hydrogens (tertiary/aromatic N) is 4. The molecule has 0 aromatic carbocycles. The van der Waals surface area contributed by atoms with E-state index in [1.165, 1.54) is 6.33 Å². The third-order valence-electron chi connectivity index (χ3n) is 3.21. The third-order valence-corrected chi connectivity index (χ3v) is 3.21. The van der Waals surface area contributed by atoms with Crippen LogP contribution in [0.3, 0.4) is 0 Å². The van der Waals surface area contributed by atoms with E-state index in [-0.39, 0.29) is 6.04 Å². The van der Waals surface area contributed by atoms with Crippen molar-refractivity contribution >= 4 is 0 Å². The Bertz CT molecular complexity index is 584. The second-order valence-corrected chi connectivity index (χ2v) is 4.59. The second kappa shape index (κ2) is 7.03. The van der Waals surface area contributed by atoms with Crippen LogP contribution in [-0.4, -0.2) is 40.5 Å². The molecular formula is C14H21N5O2. The van der Waals surface area contributed by atoms with Crippen LogP contribution in [0.15, 0.2) is 18.6 Å². The quantitative estimate of drug-likeness (QED) is 0.829. The van der Waals surface area contributed by atoms with Crippen molar-refractivity contribution in [1.82, 2.24) is 25.1 Å². The molecule has 1 unspecified atom stereocenters. The molecule has 0 aliphatic rings. The number of methoxy groups -OCH3 is 2. The first-order valence-corrected chi connectivity index (χ1v) is 6.86. The zero-order chi connectivity index (χ0) is 15.2. The summed E-state index contributed by atoms with van der Waals surface area (Å²) >= 11 is 0. The van der Waals surface area contributed by atoms with E-state index in [0.717, 1.165) is 30.1 Å². The maximum absolute atomic E-state index is 5.41. The smallest absolute Gasteiger partial charge is 0.216 e. The molecule has 114 valence electrons. The normalized spacial score (nSPS) is 12.2. The highest BCUT2D eigenvalue weighted by molar-refractivity contribution is 5.34. The van der Waals surface area contributed by atoms with Gasteiger partial charge in [0.05, 0.1) is 32.2 Å². The van der Waals surface area contributed by atoms with E-state index in [4.69, 9.17) is 9.47 Å². The van der Waals surface area contributed by atoms with E-state index >= 15 is 0 Å². The molecular weight excluding hydrogens is 270 g/mol. The van der Waals surface area contributed by atoms with Crippen molar-refractivity contribution in [2.45, 2.75) is 19.4 Å². The highest BCUT2D eigenvalue weighted by Crippen LogP contribution is 2.29. The van der Waals surface area contributed by atoms with Crippen LogP contribution in [0.25, 0.3) is 0 Å². The number of nitrogens with one attached hydrogen (secondary N) is 1. The van der Waals surface area contributed by atoms with Crippen molar-refractivity contribution in [3.05, 3.63) is 30.0 Å². The van der Waals surface area contributed by atoms with Gasteiger partial charge in [-0.15, -0.1) is 0 Å². The fourth-order valence-corrected chi connectivity index (χ4v) is 2.17. The summed E-state index contributed by atoms with van der Waals surface area (Å²) in [7, 11) is 5.11. The molecule has 7 nitrogen and oxygen atoms in total. The number of hydrogen-bond donors (Lipinski definition) is 1. The van der Waals surface area contributed by atoms with Gasteiger partial charge < -0.3 is 14.8 Å². The summed E-state index contributed by atoms with van der Waals surface area (Å²) in [5.41, 5.74) is 1.74. The van der Waals surface area contributed by atoms with Gasteiger partial charge in [0, 0.05) is 13.1 Å². The molecule has 0 radical (unpaired) electrons. The van der Waals surface area contributed by atoms with Crippen LogP contribution in [0.4, 0.5) is 0 Å². The molecule has 2 aromatic rings.